The van der Waals surface area contributed by atoms with E-state index in [0.29, 0.717) is 12.3 Å². The molecule has 1 aromatic rings. The van der Waals surface area contributed by atoms with E-state index in [4.69, 9.17) is 0 Å². The van der Waals surface area contributed by atoms with Crippen LogP contribution < -0.4 is 0 Å². The monoisotopic (exact) mass is 269 g/mol. The fourth-order valence-electron chi connectivity index (χ4n) is 2.38. The highest BCUT2D eigenvalue weighted by molar-refractivity contribution is 5.85. The van der Waals surface area contributed by atoms with Crippen molar-refractivity contribution in [2.75, 3.05) is 26.7 Å². The lowest BCUT2D eigenvalue weighted by Crippen LogP contribution is -2.24. The van der Waals surface area contributed by atoms with Crippen molar-refractivity contribution in [2.45, 2.75) is 18.8 Å². The van der Waals surface area contributed by atoms with Gasteiger partial charge in [-0.2, -0.15) is 0 Å². The minimum absolute atomic E-state index is 0. The average molecular weight is 270 g/mol. The Morgan fingerprint density at radius 2 is 2.11 bits per heavy atom. The number of esters is 1. The average Bonchev–Trinajstić information content (AvgIpc) is 2.86. The molecule has 1 fully saturated rings. The predicted molar refractivity (Wildman–Crippen MR) is 74.1 cm³/mol. The summed E-state index contributed by atoms with van der Waals surface area (Å²) in [5.41, 5.74) is 1.41. The smallest absolute Gasteiger partial charge is 0.306 e. The minimum atomic E-state index is -0.117. The van der Waals surface area contributed by atoms with Crippen LogP contribution in [0.1, 0.15) is 24.3 Å². The highest BCUT2D eigenvalue weighted by Gasteiger charge is 2.23. The van der Waals surface area contributed by atoms with E-state index in [1.165, 1.54) is 19.1 Å². The summed E-state index contributed by atoms with van der Waals surface area (Å²) in [5.74, 6) is 0.502. The standard InChI is InChI=1S/C14H19NO2.ClH/c1-17-14(16)8-10-15-9-7-13(11-15)12-5-3-2-4-6-12;/h2-6,13H,7-11H2,1H3;1H. The van der Waals surface area contributed by atoms with Gasteiger partial charge in [-0.3, -0.25) is 4.79 Å². The highest BCUT2D eigenvalue weighted by atomic mass is 35.5. The van der Waals surface area contributed by atoms with E-state index in [-0.39, 0.29) is 18.4 Å². The van der Waals surface area contributed by atoms with Gasteiger partial charge in [-0.1, -0.05) is 30.3 Å². The normalized spacial score (nSPS) is 19.3. The van der Waals surface area contributed by atoms with Crippen LogP contribution in [-0.2, 0) is 9.53 Å². The zero-order valence-electron chi connectivity index (χ0n) is 10.7. The molecule has 0 amide bonds. The van der Waals surface area contributed by atoms with Gasteiger partial charge in [-0.05, 0) is 24.4 Å². The van der Waals surface area contributed by atoms with E-state index in [9.17, 15) is 4.79 Å². The van der Waals surface area contributed by atoms with Crippen LogP contribution in [-0.4, -0.2) is 37.6 Å². The molecule has 0 aliphatic carbocycles. The lowest BCUT2D eigenvalue weighted by atomic mass is 9.99. The third-order valence-electron chi connectivity index (χ3n) is 3.40. The van der Waals surface area contributed by atoms with E-state index >= 15 is 0 Å². The molecule has 0 radical (unpaired) electrons. The molecule has 100 valence electrons. The van der Waals surface area contributed by atoms with Gasteiger partial charge in [-0.15, -0.1) is 12.4 Å². The maximum absolute atomic E-state index is 11.1. The van der Waals surface area contributed by atoms with Crippen molar-refractivity contribution >= 4 is 18.4 Å². The van der Waals surface area contributed by atoms with Crippen molar-refractivity contribution in [3.63, 3.8) is 0 Å². The maximum atomic E-state index is 11.1. The van der Waals surface area contributed by atoms with Crippen LogP contribution in [0, 0.1) is 0 Å². The van der Waals surface area contributed by atoms with Crippen LogP contribution >= 0.6 is 12.4 Å². The van der Waals surface area contributed by atoms with Gasteiger partial charge >= 0.3 is 5.97 Å². The number of methoxy groups -OCH3 is 1. The Morgan fingerprint density at radius 1 is 1.39 bits per heavy atom. The summed E-state index contributed by atoms with van der Waals surface area (Å²) in [6.45, 7) is 2.95. The van der Waals surface area contributed by atoms with Gasteiger partial charge in [0.05, 0.1) is 13.5 Å². The molecular formula is C14H20ClNO2. The number of carbonyl (C=O) groups excluding carboxylic acids is 1. The number of halogens is 1. The molecule has 2 rings (SSSR count). The van der Waals surface area contributed by atoms with Gasteiger partial charge in [0.2, 0.25) is 0 Å². The molecule has 0 saturated carbocycles. The van der Waals surface area contributed by atoms with Gasteiger partial charge < -0.3 is 9.64 Å². The Labute approximate surface area is 115 Å². The van der Waals surface area contributed by atoms with Gasteiger partial charge in [-0.25, -0.2) is 0 Å². The Kier molecular flexibility index (Phi) is 6.16. The summed E-state index contributed by atoms with van der Waals surface area (Å²) in [4.78, 5) is 13.4. The number of carbonyl (C=O) groups is 1. The quantitative estimate of drug-likeness (QED) is 0.787. The van der Waals surface area contributed by atoms with Gasteiger partial charge in [0, 0.05) is 13.1 Å². The molecule has 1 atom stereocenters. The Hall–Kier alpha value is -1.06. The minimum Gasteiger partial charge on any atom is -0.469 e. The summed E-state index contributed by atoms with van der Waals surface area (Å²) >= 11 is 0. The summed E-state index contributed by atoms with van der Waals surface area (Å²) in [5, 5.41) is 0. The van der Waals surface area contributed by atoms with Crippen LogP contribution in [0.25, 0.3) is 0 Å². The zero-order valence-corrected chi connectivity index (χ0v) is 11.5. The molecule has 0 N–H and O–H groups in total. The Balaban J connectivity index is 0.00000162. The van der Waals surface area contributed by atoms with Crippen LogP contribution in [0.15, 0.2) is 30.3 Å². The molecule has 1 aliphatic rings. The van der Waals surface area contributed by atoms with Crippen molar-refractivity contribution in [1.82, 2.24) is 4.90 Å². The number of benzene rings is 1. The SMILES string of the molecule is COC(=O)CCN1CCC(c2ccccc2)C1.Cl. The first kappa shape index (κ1) is 15.0. The van der Waals surface area contributed by atoms with Crippen LogP contribution in [0.3, 0.4) is 0 Å². The molecule has 0 spiro atoms. The van der Waals surface area contributed by atoms with E-state index in [1.54, 1.807) is 0 Å². The topological polar surface area (TPSA) is 29.5 Å². The van der Waals surface area contributed by atoms with Crippen LogP contribution in [0.5, 0.6) is 0 Å². The van der Waals surface area contributed by atoms with Crippen molar-refractivity contribution in [3.05, 3.63) is 35.9 Å². The molecule has 1 saturated heterocycles. The number of hydrogen-bond acceptors (Lipinski definition) is 3. The largest absolute Gasteiger partial charge is 0.469 e. The second-order valence-electron chi connectivity index (χ2n) is 4.52. The van der Waals surface area contributed by atoms with Crippen LogP contribution in [0.2, 0.25) is 0 Å². The summed E-state index contributed by atoms with van der Waals surface area (Å²) in [6.07, 6.45) is 1.68. The van der Waals surface area contributed by atoms with Gasteiger partial charge in [0.25, 0.3) is 0 Å². The fourth-order valence-corrected chi connectivity index (χ4v) is 2.38. The Morgan fingerprint density at radius 3 is 2.78 bits per heavy atom. The van der Waals surface area contributed by atoms with Crippen molar-refractivity contribution in [3.8, 4) is 0 Å². The molecule has 1 aromatic carbocycles. The number of rotatable bonds is 4. The lowest BCUT2D eigenvalue weighted by molar-refractivity contribution is -0.140. The zero-order chi connectivity index (χ0) is 12.1. The summed E-state index contributed by atoms with van der Waals surface area (Å²) in [7, 11) is 1.44. The number of hydrogen-bond donors (Lipinski definition) is 0. The maximum Gasteiger partial charge on any atom is 0.306 e. The molecule has 0 bridgehead atoms. The molecular weight excluding hydrogens is 250 g/mol. The Bertz CT molecular complexity index is 369. The predicted octanol–water partition coefficient (Wildman–Crippen LogP) is 2.46. The molecule has 1 heterocycles. The van der Waals surface area contributed by atoms with Crippen molar-refractivity contribution in [2.24, 2.45) is 0 Å². The molecule has 0 aromatic heterocycles. The first-order valence-corrected chi connectivity index (χ1v) is 6.13. The van der Waals surface area contributed by atoms with E-state index in [1.807, 2.05) is 6.07 Å². The van der Waals surface area contributed by atoms with Crippen molar-refractivity contribution in [1.29, 1.82) is 0 Å². The fraction of sp³-hybridized carbons (Fsp3) is 0.500. The third-order valence-corrected chi connectivity index (χ3v) is 3.40. The second-order valence-corrected chi connectivity index (χ2v) is 4.52. The van der Waals surface area contributed by atoms with E-state index in [2.05, 4.69) is 33.9 Å². The number of likely N-dealkylation sites (tertiary alicyclic amines) is 1. The van der Waals surface area contributed by atoms with Crippen LogP contribution in [0.4, 0.5) is 0 Å². The molecule has 4 heteroatoms. The van der Waals surface area contributed by atoms with Gasteiger partial charge in [0.1, 0.15) is 0 Å². The van der Waals surface area contributed by atoms with Crippen molar-refractivity contribution < 1.29 is 9.53 Å². The number of nitrogens with zero attached hydrogens (tertiary/aromatic N) is 1. The van der Waals surface area contributed by atoms with E-state index in [0.717, 1.165) is 19.6 Å². The molecule has 18 heavy (non-hydrogen) atoms. The second kappa shape index (κ2) is 7.39. The first-order chi connectivity index (χ1) is 8.29. The first-order valence-electron chi connectivity index (χ1n) is 6.13. The third kappa shape index (κ3) is 4.00. The molecule has 1 aliphatic heterocycles. The highest BCUT2D eigenvalue weighted by Crippen LogP contribution is 2.26. The lowest BCUT2D eigenvalue weighted by Gasteiger charge is -2.15. The van der Waals surface area contributed by atoms with E-state index < -0.39 is 0 Å². The summed E-state index contributed by atoms with van der Waals surface area (Å²) in [6, 6.07) is 10.6. The summed E-state index contributed by atoms with van der Waals surface area (Å²) < 4.78 is 4.66. The molecule has 3 nitrogen and oxygen atoms in total. The molecule has 1 unspecified atom stereocenters. The van der Waals surface area contributed by atoms with Gasteiger partial charge in [0.15, 0.2) is 0 Å². The number of ether oxygens (including phenoxy) is 1.